The normalized spacial score (nSPS) is 20.4. The second-order valence-electron chi connectivity index (χ2n) is 5.59. The van der Waals surface area contributed by atoms with E-state index in [4.69, 9.17) is 10.2 Å². The van der Waals surface area contributed by atoms with Crippen molar-refractivity contribution < 1.29 is 4.42 Å². The zero-order valence-electron chi connectivity index (χ0n) is 11.0. The molecule has 1 atom stereocenters. The molecular formula is C14H24N2O. The molecule has 2 rings (SSSR count). The molecular weight excluding hydrogens is 212 g/mol. The zero-order chi connectivity index (χ0) is 12.3. The van der Waals surface area contributed by atoms with Crippen molar-refractivity contribution in [3.05, 3.63) is 24.2 Å². The van der Waals surface area contributed by atoms with Gasteiger partial charge < -0.3 is 10.2 Å². The summed E-state index contributed by atoms with van der Waals surface area (Å²) in [6, 6.07) is 4.05. The van der Waals surface area contributed by atoms with E-state index in [9.17, 15) is 0 Å². The van der Waals surface area contributed by atoms with Gasteiger partial charge in [0.2, 0.25) is 0 Å². The summed E-state index contributed by atoms with van der Waals surface area (Å²) in [5.74, 6) is 0.989. The molecule has 1 aliphatic rings. The van der Waals surface area contributed by atoms with E-state index in [1.807, 2.05) is 12.1 Å². The minimum atomic E-state index is 0.0488. The van der Waals surface area contributed by atoms with Crippen molar-refractivity contribution >= 4 is 0 Å². The average Bonchev–Trinajstić information content (AvgIpc) is 2.83. The van der Waals surface area contributed by atoms with Crippen LogP contribution in [0.1, 0.15) is 38.9 Å². The summed E-state index contributed by atoms with van der Waals surface area (Å²) in [7, 11) is 0. The number of furan rings is 1. The Hall–Kier alpha value is -0.800. The number of likely N-dealkylation sites (tertiary alicyclic amines) is 1. The Morgan fingerprint density at radius 3 is 2.65 bits per heavy atom. The molecule has 2 heterocycles. The van der Waals surface area contributed by atoms with E-state index in [1.54, 1.807) is 6.26 Å². The molecule has 3 heteroatoms. The van der Waals surface area contributed by atoms with Gasteiger partial charge >= 0.3 is 0 Å². The molecule has 17 heavy (non-hydrogen) atoms. The highest BCUT2D eigenvalue weighted by Crippen LogP contribution is 2.24. The molecule has 2 N–H and O–H groups in total. The molecule has 1 aliphatic heterocycles. The average molecular weight is 236 g/mol. The molecule has 1 fully saturated rings. The highest BCUT2D eigenvalue weighted by molar-refractivity contribution is 5.04. The SMILES string of the molecule is CC(C)(C(N)Cc1ccco1)N1CCCCC1. The predicted molar refractivity (Wildman–Crippen MR) is 69.9 cm³/mol. The van der Waals surface area contributed by atoms with Crippen LogP contribution in [0.15, 0.2) is 22.8 Å². The van der Waals surface area contributed by atoms with Gasteiger partial charge in [0.15, 0.2) is 0 Å². The summed E-state index contributed by atoms with van der Waals surface area (Å²) in [6.07, 6.45) is 6.50. The highest BCUT2D eigenvalue weighted by atomic mass is 16.3. The Labute approximate surface area is 104 Å². The van der Waals surface area contributed by atoms with E-state index in [-0.39, 0.29) is 11.6 Å². The second kappa shape index (κ2) is 5.23. The molecule has 0 amide bonds. The minimum absolute atomic E-state index is 0.0488. The van der Waals surface area contributed by atoms with Crippen LogP contribution in [-0.2, 0) is 6.42 Å². The lowest BCUT2D eigenvalue weighted by Gasteiger charge is -2.44. The zero-order valence-corrected chi connectivity index (χ0v) is 11.0. The largest absolute Gasteiger partial charge is 0.469 e. The van der Waals surface area contributed by atoms with Gasteiger partial charge in [0.25, 0.3) is 0 Å². The van der Waals surface area contributed by atoms with Gasteiger partial charge in [-0.25, -0.2) is 0 Å². The Bertz CT molecular complexity index is 326. The van der Waals surface area contributed by atoms with E-state index in [1.165, 1.54) is 32.4 Å². The van der Waals surface area contributed by atoms with Crippen molar-refractivity contribution in [3.63, 3.8) is 0 Å². The van der Waals surface area contributed by atoms with Crippen LogP contribution in [0.3, 0.4) is 0 Å². The molecule has 1 aromatic heterocycles. The Morgan fingerprint density at radius 1 is 1.35 bits per heavy atom. The molecule has 0 saturated carbocycles. The number of hydrogen-bond donors (Lipinski definition) is 1. The maximum absolute atomic E-state index is 6.37. The monoisotopic (exact) mass is 236 g/mol. The van der Waals surface area contributed by atoms with Crippen molar-refractivity contribution in [2.45, 2.75) is 51.1 Å². The topological polar surface area (TPSA) is 42.4 Å². The molecule has 1 saturated heterocycles. The summed E-state index contributed by atoms with van der Waals surface area (Å²) in [5.41, 5.74) is 6.42. The predicted octanol–water partition coefficient (Wildman–Crippen LogP) is 2.41. The van der Waals surface area contributed by atoms with Gasteiger partial charge in [-0.2, -0.15) is 0 Å². The second-order valence-corrected chi connectivity index (χ2v) is 5.59. The Kier molecular flexibility index (Phi) is 3.89. The first-order chi connectivity index (χ1) is 8.10. The molecule has 0 radical (unpaired) electrons. The van der Waals surface area contributed by atoms with Crippen molar-refractivity contribution in [2.75, 3.05) is 13.1 Å². The van der Waals surface area contributed by atoms with Crippen LogP contribution in [0.2, 0.25) is 0 Å². The number of nitrogens with two attached hydrogens (primary N) is 1. The third-order valence-corrected chi connectivity index (χ3v) is 4.08. The lowest BCUT2D eigenvalue weighted by atomic mass is 9.88. The summed E-state index contributed by atoms with van der Waals surface area (Å²) in [6.45, 7) is 6.87. The summed E-state index contributed by atoms with van der Waals surface area (Å²) in [5, 5.41) is 0. The summed E-state index contributed by atoms with van der Waals surface area (Å²) in [4.78, 5) is 2.53. The van der Waals surface area contributed by atoms with Gasteiger partial charge in [0.1, 0.15) is 5.76 Å². The van der Waals surface area contributed by atoms with Gasteiger partial charge in [-0.1, -0.05) is 6.42 Å². The Morgan fingerprint density at radius 2 is 2.06 bits per heavy atom. The molecule has 1 aromatic rings. The van der Waals surface area contributed by atoms with E-state index < -0.39 is 0 Å². The van der Waals surface area contributed by atoms with Crippen LogP contribution in [0.4, 0.5) is 0 Å². The van der Waals surface area contributed by atoms with Crippen LogP contribution < -0.4 is 5.73 Å². The third-order valence-electron chi connectivity index (χ3n) is 4.08. The van der Waals surface area contributed by atoms with Gasteiger partial charge in [-0.3, -0.25) is 4.90 Å². The Balaban J connectivity index is 1.98. The van der Waals surface area contributed by atoms with E-state index >= 15 is 0 Å². The lowest BCUT2D eigenvalue weighted by Crippen LogP contribution is -2.58. The van der Waals surface area contributed by atoms with Crippen LogP contribution in [0, 0.1) is 0 Å². The standard InChI is InChI=1S/C14H24N2O/c1-14(2,16-8-4-3-5-9-16)13(15)11-12-7-6-10-17-12/h6-7,10,13H,3-5,8-9,11,15H2,1-2H3. The van der Waals surface area contributed by atoms with Gasteiger partial charge in [0.05, 0.1) is 6.26 Å². The fourth-order valence-electron chi connectivity index (χ4n) is 2.60. The van der Waals surface area contributed by atoms with Crippen molar-refractivity contribution in [1.82, 2.24) is 4.90 Å². The fourth-order valence-corrected chi connectivity index (χ4v) is 2.60. The molecule has 0 bridgehead atoms. The van der Waals surface area contributed by atoms with Gasteiger partial charge in [-0.15, -0.1) is 0 Å². The van der Waals surface area contributed by atoms with Crippen LogP contribution in [-0.4, -0.2) is 29.6 Å². The van der Waals surface area contributed by atoms with Gasteiger partial charge in [0, 0.05) is 18.0 Å². The number of nitrogens with zero attached hydrogens (tertiary/aromatic N) is 1. The first kappa shape index (κ1) is 12.7. The van der Waals surface area contributed by atoms with E-state index in [2.05, 4.69) is 18.7 Å². The van der Waals surface area contributed by atoms with Crippen LogP contribution in [0.5, 0.6) is 0 Å². The minimum Gasteiger partial charge on any atom is -0.469 e. The maximum atomic E-state index is 6.37. The van der Waals surface area contributed by atoms with E-state index in [0.29, 0.717) is 0 Å². The van der Waals surface area contributed by atoms with Crippen LogP contribution >= 0.6 is 0 Å². The number of piperidine rings is 1. The molecule has 1 unspecified atom stereocenters. The van der Waals surface area contributed by atoms with Crippen molar-refractivity contribution in [1.29, 1.82) is 0 Å². The van der Waals surface area contributed by atoms with Crippen molar-refractivity contribution in [2.24, 2.45) is 5.73 Å². The molecule has 0 aromatic carbocycles. The molecule has 96 valence electrons. The fraction of sp³-hybridized carbons (Fsp3) is 0.714. The molecule has 3 nitrogen and oxygen atoms in total. The van der Waals surface area contributed by atoms with Crippen molar-refractivity contribution in [3.8, 4) is 0 Å². The quantitative estimate of drug-likeness (QED) is 0.873. The summed E-state index contributed by atoms with van der Waals surface area (Å²) < 4.78 is 5.39. The molecule has 0 aliphatic carbocycles. The lowest BCUT2D eigenvalue weighted by molar-refractivity contribution is 0.0716. The maximum Gasteiger partial charge on any atom is 0.105 e. The first-order valence-electron chi connectivity index (χ1n) is 6.64. The number of rotatable bonds is 4. The van der Waals surface area contributed by atoms with E-state index in [0.717, 1.165) is 12.2 Å². The molecule has 0 spiro atoms. The first-order valence-corrected chi connectivity index (χ1v) is 6.64. The smallest absolute Gasteiger partial charge is 0.105 e. The highest BCUT2D eigenvalue weighted by Gasteiger charge is 2.34. The van der Waals surface area contributed by atoms with Gasteiger partial charge in [-0.05, 0) is 51.9 Å². The van der Waals surface area contributed by atoms with Crippen LogP contribution in [0.25, 0.3) is 0 Å². The summed E-state index contributed by atoms with van der Waals surface area (Å²) >= 11 is 0. The third kappa shape index (κ3) is 2.90. The number of hydrogen-bond acceptors (Lipinski definition) is 3.